The van der Waals surface area contributed by atoms with E-state index in [0.717, 1.165) is 0 Å². The lowest BCUT2D eigenvalue weighted by Gasteiger charge is -2.36. The Balaban J connectivity index is 1.40. The molecule has 204 valence electrons. The summed E-state index contributed by atoms with van der Waals surface area (Å²) in [5.41, 5.74) is 2.84. The summed E-state index contributed by atoms with van der Waals surface area (Å²) in [6, 6.07) is 11.8. The van der Waals surface area contributed by atoms with Gasteiger partial charge >= 0.3 is 0 Å². The van der Waals surface area contributed by atoms with Gasteiger partial charge in [0.15, 0.2) is 17.3 Å². The number of allylic oxidation sites excluding steroid dienone is 1. The number of methoxy groups -OCH3 is 3. The standard InChI is InChI=1S/C30H31FN2O6/c1-18-13-23(34)20(17-32-9-11-33(12-10-32)22-8-6-5-7-21(22)31)29-27(18)28(35)24(39-29)14-19-15-25(36-2)30(38-4)26(16-19)37-3/h5-8,13-16,34H,9-12,17H2,1-4H3. The predicted molar refractivity (Wildman–Crippen MR) is 146 cm³/mol. The van der Waals surface area contributed by atoms with E-state index in [4.69, 9.17) is 18.9 Å². The molecule has 2 aliphatic rings. The zero-order valence-corrected chi connectivity index (χ0v) is 22.4. The average Bonchev–Trinajstić information content (AvgIpc) is 3.26. The highest BCUT2D eigenvalue weighted by Gasteiger charge is 2.34. The number of piperazine rings is 1. The van der Waals surface area contributed by atoms with Crippen molar-refractivity contribution in [3.05, 3.63) is 76.3 Å². The van der Waals surface area contributed by atoms with Crippen LogP contribution in [-0.2, 0) is 6.54 Å². The molecular weight excluding hydrogens is 503 g/mol. The van der Waals surface area contributed by atoms with Crippen molar-refractivity contribution in [2.75, 3.05) is 52.4 Å². The Morgan fingerprint density at radius 1 is 1.00 bits per heavy atom. The Kier molecular flexibility index (Phi) is 7.34. The molecule has 0 unspecified atom stereocenters. The smallest absolute Gasteiger partial charge is 0.232 e. The van der Waals surface area contributed by atoms with Gasteiger partial charge in [-0.05, 0) is 54.5 Å². The van der Waals surface area contributed by atoms with Gasteiger partial charge in [0.05, 0.1) is 38.1 Å². The van der Waals surface area contributed by atoms with Crippen LogP contribution in [-0.4, -0.2) is 63.3 Å². The molecule has 1 saturated heterocycles. The molecule has 0 atom stereocenters. The van der Waals surface area contributed by atoms with Crippen LogP contribution < -0.4 is 23.8 Å². The summed E-state index contributed by atoms with van der Waals surface area (Å²) in [6.07, 6.45) is 1.63. The van der Waals surface area contributed by atoms with Gasteiger partial charge in [-0.2, -0.15) is 0 Å². The summed E-state index contributed by atoms with van der Waals surface area (Å²) in [4.78, 5) is 17.6. The third kappa shape index (κ3) is 4.97. The summed E-state index contributed by atoms with van der Waals surface area (Å²) < 4.78 is 36.6. The number of phenolic OH excluding ortho intramolecular Hbond substituents is 1. The Morgan fingerprint density at radius 2 is 1.67 bits per heavy atom. The summed E-state index contributed by atoms with van der Waals surface area (Å²) in [6.45, 7) is 4.78. The lowest BCUT2D eigenvalue weighted by atomic mass is 9.99. The van der Waals surface area contributed by atoms with Crippen molar-refractivity contribution >= 4 is 17.5 Å². The number of para-hydroxylation sites is 1. The van der Waals surface area contributed by atoms with Gasteiger partial charge in [-0.15, -0.1) is 0 Å². The van der Waals surface area contributed by atoms with Crippen LogP contribution in [0.5, 0.6) is 28.7 Å². The number of halogens is 1. The van der Waals surface area contributed by atoms with E-state index in [0.29, 0.717) is 83.7 Å². The molecule has 2 aliphatic heterocycles. The molecule has 5 rings (SSSR count). The third-order valence-corrected chi connectivity index (χ3v) is 7.15. The number of benzene rings is 3. The van der Waals surface area contributed by atoms with Crippen molar-refractivity contribution in [3.63, 3.8) is 0 Å². The molecule has 0 amide bonds. The van der Waals surface area contributed by atoms with Crippen molar-refractivity contribution in [1.29, 1.82) is 0 Å². The summed E-state index contributed by atoms with van der Waals surface area (Å²) in [7, 11) is 4.57. The van der Waals surface area contributed by atoms with Crippen molar-refractivity contribution in [3.8, 4) is 28.7 Å². The number of anilines is 1. The zero-order chi connectivity index (χ0) is 27.7. The number of rotatable bonds is 7. The molecule has 0 saturated carbocycles. The van der Waals surface area contributed by atoms with E-state index in [1.165, 1.54) is 27.4 Å². The maximum atomic E-state index is 14.2. The van der Waals surface area contributed by atoms with Gasteiger partial charge in [0, 0.05) is 32.7 Å². The summed E-state index contributed by atoms with van der Waals surface area (Å²) in [5, 5.41) is 10.9. The maximum Gasteiger partial charge on any atom is 0.232 e. The summed E-state index contributed by atoms with van der Waals surface area (Å²) in [5.74, 6) is 1.43. The number of carbonyl (C=O) groups is 1. The van der Waals surface area contributed by atoms with E-state index < -0.39 is 0 Å². The highest BCUT2D eigenvalue weighted by Crippen LogP contribution is 2.44. The minimum atomic E-state index is -0.262. The number of nitrogens with zero attached hydrogens (tertiary/aromatic N) is 2. The predicted octanol–water partition coefficient (Wildman–Crippen LogP) is 4.80. The van der Waals surface area contributed by atoms with Crippen LogP contribution in [0.3, 0.4) is 0 Å². The van der Waals surface area contributed by atoms with Crippen molar-refractivity contribution < 1.29 is 33.2 Å². The molecule has 2 heterocycles. The quantitative estimate of drug-likeness (QED) is 0.433. The first-order chi connectivity index (χ1) is 18.8. The zero-order valence-electron chi connectivity index (χ0n) is 22.4. The number of ketones is 1. The van der Waals surface area contributed by atoms with Gasteiger partial charge < -0.3 is 29.0 Å². The monoisotopic (exact) mass is 534 g/mol. The second kappa shape index (κ2) is 10.9. The van der Waals surface area contributed by atoms with Crippen LogP contribution in [0.25, 0.3) is 6.08 Å². The molecule has 9 heteroatoms. The van der Waals surface area contributed by atoms with Gasteiger partial charge in [-0.3, -0.25) is 9.69 Å². The second-order valence-electron chi connectivity index (χ2n) is 9.51. The summed E-state index contributed by atoms with van der Waals surface area (Å²) >= 11 is 0. The number of aryl methyl sites for hydroxylation is 1. The van der Waals surface area contributed by atoms with Crippen LogP contribution in [0.1, 0.15) is 27.0 Å². The van der Waals surface area contributed by atoms with E-state index in [-0.39, 0.29) is 23.1 Å². The Hall–Kier alpha value is -4.24. The maximum absolute atomic E-state index is 14.2. The average molecular weight is 535 g/mol. The second-order valence-corrected chi connectivity index (χ2v) is 9.51. The first-order valence-electron chi connectivity index (χ1n) is 12.7. The molecular formula is C30H31FN2O6. The molecule has 39 heavy (non-hydrogen) atoms. The van der Waals surface area contributed by atoms with E-state index in [1.807, 2.05) is 11.0 Å². The third-order valence-electron chi connectivity index (χ3n) is 7.15. The molecule has 0 radical (unpaired) electrons. The van der Waals surface area contributed by atoms with E-state index >= 15 is 0 Å². The molecule has 1 N–H and O–H groups in total. The lowest BCUT2D eigenvalue weighted by molar-refractivity contribution is 0.101. The number of carbonyl (C=O) groups excluding carboxylic acids is 1. The van der Waals surface area contributed by atoms with Crippen LogP contribution in [0, 0.1) is 12.7 Å². The highest BCUT2D eigenvalue weighted by molar-refractivity contribution is 6.16. The van der Waals surface area contributed by atoms with Crippen LogP contribution in [0.2, 0.25) is 0 Å². The minimum absolute atomic E-state index is 0.0737. The van der Waals surface area contributed by atoms with Crippen LogP contribution >= 0.6 is 0 Å². The molecule has 0 aliphatic carbocycles. The van der Waals surface area contributed by atoms with E-state index in [1.54, 1.807) is 43.3 Å². The number of ether oxygens (including phenoxy) is 4. The number of fused-ring (bicyclic) bond motifs is 1. The number of hydrogen-bond acceptors (Lipinski definition) is 8. The fourth-order valence-electron chi connectivity index (χ4n) is 5.15. The number of aromatic hydroxyl groups is 1. The fourth-order valence-corrected chi connectivity index (χ4v) is 5.15. The van der Waals surface area contributed by atoms with Gasteiger partial charge in [-0.25, -0.2) is 4.39 Å². The van der Waals surface area contributed by atoms with E-state index in [9.17, 15) is 14.3 Å². The van der Waals surface area contributed by atoms with Crippen molar-refractivity contribution in [1.82, 2.24) is 4.90 Å². The van der Waals surface area contributed by atoms with Gasteiger partial charge in [-0.1, -0.05) is 12.1 Å². The molecule has 0 aromatic heterocycles. The lowest BCUT2D eigenvalue weighted by Crippen LogP contribution is -2.46. The largest absolute Gasteiger partial charge is 0.507 e. The topological polar surface area (TPSA) is 80.7 Å². The normalized spacial score (nSPS) is 16.3. The van der Waals surface area contributed by atoms with Crippen molar-refractivity contribution in [2.45, 2.75) is 13.5 Å². The Labute approximate surface area is 226 Å². The van der Waals surface area contributed by atoms with Crippen molar-refractivity contribution in [2.24, 2.45) is 0 Å². The fraction of sp³-hybridized carbons (Fsp3) is 0.300. The number of hydrogen-bond donors (Lipinski definition) is 1. The Bertz CT molecular complexity index is 1420. The first kappa shape index (κ1) is 26.4. The first-order valence-corrected chi connectivity index (χ1v) is 12.7. The molecule has 3 aromatic rings. The number of phenols is 1. The van der Waals surface area contributed by atoms with Gasteiger partial charge in [0.1, 0.15) is 17.3 Å². The van der Waals surface area contributed by atoms with Gasteiger partial charge in [0.2, 0.25) is 11.5 Å². The van der Waals surface area contributed by atoms with E-state index in [2.05, 4.69) is 4.90 Å². The minimum Gasteiger partial charge on any atom is -0.507 e. The molecule has 8 nitrogen and oxygen atoms in total. The van der Waals surface area contributed by atoms with Crippen LogP contribution in [0.15, 0.2) is 48.2 Å². The number of Topliss-reactive ketones (excluding diaryl/α,β-unsaturated/α-hetero) is 1. The molecule has 1 fully saturated rings. The molecule has 0 spiro atoms. The molecule has 0 bridgehead atoms. The van der Waals surface area contributed by atoms with Gasteiger partial charge in [0.25, 0.3) is 0 Å². The highest BCUT2D eigenvalue weighted by atomic mass is 19.1. The molecule has 3 aromatic carbocycles. The SMILES string of the molecule is COc1cc(C=C2Oc3c(CN4CCN(c5ccccc5F)CC4)c(O)cc(C)c3C2=O)cc(OC)c1OC. The Morgan fingerprint density at radius 3 is 2.28 bits per heavy atom. The van der Waals surface area contributed by atoms with Crippen LogP contribution in [0.4, 0.5) is 10.1 Å².